The molecule has 7 aromatic rings. The number of nitrogen functional groups attached to an aromatic ring is 1. The molecule has 2 N–H and O–H groups in total. The molecule has 0 aliphatic rings. The number of fused-ring (bicyclic) bond motifs is 6. The lowest BCUT2D eigenvalue weighted by Gasteiger charge is -2.05. The van der Waals surface area contributed by atoms with Gasteiger partial charge in [-0.15, -0.1) is 0 Å². The van der Waals surface area contributed by atoms with E-state index in [0.717, 1.165) is 11.0 Å². The highest BCUT2D eigenvalue weighted by atomic mass is 15.3. The Bertz CT molecular complexity index is 1870. The number of nitrogens with two attached hydrogens (primary N) is 1. The van der Waals surface area contributed by atoms with Crippen molar-refractivity contribution in [3.63, 3.8) is 0 Å². The van der Waals surface area contributed by atoms with Crippen LogP contribution in [0.4, 0.5) is 0 Å². The van der Waals surface area contributed by atoms with Crippen molar-refractivity contribution in [2.75, 3.05) is 5.84 Å². The van der Waals surface area contributed by atoms with Crippen molar-refractivity contribution in [3.8, 4) is 22.3 Å². The summed E-state index contributed by atoms with van der Waals surface area (Å²) in [6.45, 7) is 0. The zero-order chi connectivity index (χ0) is 22.8. The van der Waals surface area contributed by atoms with Crippen LogP contribution in [0.5, 0.6) is 0 Å². The van der Waals surface area contributed by atoms with E-state index >= 15 is 0 Å². The number of benzene rings is 5. The van der Waals surface area contributed by atoms with Crippen LogP contribution in [-0.4, -0.2) is 9.24 Å². The summed E-state index contributed by atoms with van der Waals surface area (Å²) < 4.78 is 4.08. The molecule has 0 bridgehead atoms. The minimum Gasteiger partial charge on any atom is -0.344 e. The van der Waals surface area contributed by atoms with E-state index in [0.29, 0.717) is 0 Å². The first kappa shape index (κ1) is 19.0. The molecule has 0 amide bonds. The number of hydrogen-bond donors (Lipinski definition) is 1. The van der Waals surface area contributed by atoms with Gasteiger partial charge in [0, 0.05) is 39.6 Å². The topological polar surface area (TPSA) is 35.9 Å². The maximum atomic E-state index is 6.50. The van der Waals surface area contributed by atoms with E-state index in [4.69, 9.17) is 5.84 Å². The van der Waals surface area contributed by atoms with Crippen LogP contribution in [0.25, 0.3) is 65.9 Å². The van der Waals surface area contributed by atoms with E-state index in [1.54, 1.807) is 4.68 Å². The maximum Gasteiger partial charge on any atom is 0.0704 e. The second kappa shape index (κ2) is 7.00. The fraction of sp³-hybridized carbons (Fsp3) is 0.0323. The summed E-state index contributed by atoms with van der Waals surface area (Å²) in [6.07, 6.45) is 0. The van der Waals surface area contributed by atoms with E-state index in [1.165, 1.54) is 54.8 Å². The predicted molar refractivity (Wildman–Crippen MR) is 144 cm³/mol. The zero-order valence-electron chi connectivity index (χ0n) is 18.9. The van der Waals surface area contributed by atoms with Gasteiger partial charge in [0.1, 0.15) is 0 Å². The predicted octanol–water partition coefficient (Wildman–Crippen LogP) is 7.49. The van der Waals surface area contributed by atoms with Crippen molar-refractivity contribution in [1.82, 2.24) is 9.24 Å². The number of aromatic nitrogens is 2. The van der Waals surface area contributed by atoms with Crippen LogP contribution in [0.2, 0.25) is 0 Å². The molecule has 162 valence electrons. The Morgan fingerprint density at radius 1 is 0.441 bits per heavy atom. The van der Waals surface area contributed by atoms with Gasteiger partial charge in [-0.3, -0.25) is 4.68 Å². The summed E-state index contributed by atoms with van der Waals surface area (Å²) in [5, 5.41) is 4.92. The molecule has 34 heavy (non-hydrogen) atoms. The SMILES string of the molecule is Cn1c2ccccc2c2ccc(-c3ccc4c(c3)c3cc(-c5ccccc5)ccc3n4N)cc21. The Morgan fingerprint density at radius 2 is 1.00 bits per heavy atom. The fourth-order valence-electron chi connectivity index (χ4n) is 5.38. The molecule has 0 aliphatic carbocycles. The number of hydrogen-bond acceptors (Lipinski definition) is 1. The summed E-state index contributed by atoms with van der Waals surface area (Å²) >= 11 is 0. The Kier molecular flexibility index (Phi) is 3.91. The van der Waals surface area contributed by atoms with Gasteiger partial charge in [-0.25, -0.2) is 0 Å². The summed E-state index contributed by atoms with van der Waals surface area (Å²) in [7, 11) is 2.14. The minimum absolute atomic E-state index is 1.04. The molecule has 0 aliphatic heterocycles. The molecule has 5 aromatic carbocycles. The molecule has 0 radical (unpaired) electrons. The number of aryl methyl sites for hydroxylation is 1. The monoisotopic (exact) mass is 437 g/mol. The number of para-hydroxylation sites is 1. The van der Waals surface area contributed by atoms with Crippen molar-refractivity contribution in [2.24, 2.45) is 7.05 Å². The van der Waals surface area contributed by atoms with Crippen LogP contribution in [0.1, 0.15) is 0 Å². The first-order chi connectivity index (χ1) is 16.7. The highest BCUT2D eigenvalue weighted by Gasteiger charge is 2.13. The molecular weight excluding hydrogens is 414 g/mol. The average molecular weight is 438 g/mol. The van der Waals surface area contributed by atoms with Gasteiger partial charge in [0.25, 0.3) is 0 Å². The minimum atomic E-state index is 1.04. The second-order valence-electron chi connectivity index (χ2n) is 9.01. The third-order valence-electron chi connectivity index (χ3n) is 7.16. The number of rotatable bonds is 2. The summed E-state index contributed by atoms with van der Waals surface area (Å²) in [5.74, 6) is 6.50. The Hall–Kier alpha value is -4.50. The van der Waals surface area contributed by atoms with Crippen LogP contribution in [0.15, 0.2) is 109 Å². The van der Waals surface area contributed by atoms with E-state index in [-0.39, 0.29) is 0 Å². The molecule has 2 heterocycles. The quantitative estimate of drug-likeness (QED) is 0.280. The Labute approximate surface area is 197 Å². The van der Waals surface area contributed by atoms with Gasteiger partial charge in [-0.05, 0) is 58.7 Å². The summed E-state index contributed by atoms with van der Waals surface area (Å²) in [6, 6.07) is 39.0. The summed E-state index contributed by atoms with van der Waals surface area (Å²) in [5.41, 5.74) is 9.37. The van der Waals surface area contributed by atoms with Gasteiger partial charge in [0.05, 0.1) is 11.0 Å². The van der Waals surface area contributed by atoms with Gasteiger partial charge < -0.3 is 10.4 Å². The maximum absolute atomic E-state index is 6.50. The van der Waals surface area contributed by atoms with E-state index in [9.17, 15) is 0 Å². The third-order valence-corrected chi connectivity index (χ3v) is 7.16. The highest BCUT2D eigenvalue weighted by molar-refractivity contribution is 6.12. The molecule has 3 heteroatoms. The molecule has 3 nitrogen and oxygen atoms in total. The van der Waals surface area contributed by atoms with E-state index in [1.807, 2.05) is 6.07 Å². The molecule has 7 rings (SSSR count). The van der Waals surface area contributed by atoms with Crippen molar-refractivity contribution in [1.29, 1.82) is 0 Å². The molecule has 0 unspecified atom stereocenters. The molecule has 0 saturated carbocycles. The van der Waals surface area contributed by atoms with Crippen molar-refractivity contribution in [3.05, 3.63) is 109 Å². The van der Waals surface area contributed by atoms with Crippen molar-refractivity contribution < 1.29 is 0 Å². The van der Waals surface area contributed by atoms with Gasteiger partial charge >= 0.3 is 0 Å². The van der Waals surface area contributed by atoms with E-state index < -0.39 is 0 Å². The second-order valence-corrected chi connectivity index (χ2v) is 9.01. The van der Waals surface area contributed by atoms with Crippen molar-refractivity contribution in [2.45, 2.75) is 0 Å². The lowest BCUT2D eigenvalue weighted by Crippen LogP contribution is -2.06. The largest absolute Gasteiger partial charge is 0.344 e. The molecular formula is C31H23N3. The molecule has 0 saturated heterocycles. The molecule has 0 fully saturated rings. The first-order valence-electron chi connectivity index (χ1n) is 11.6. The first-order valence-corrected chi connectivity index (χ1v) is 11.6. The Morgan fingerprint density at radius 3 is 1.74 bits per heavy atom. The molecule has 0 spiro atoms. The molecule has 2 aromatic heterocycles. The van der Waals surface area contributed by atoms with Crippen LogP contribution >= 0.6 is 0 Å². The third kappa shape index (κ3) is 2.64. The summed E-state index contributed by atoms with van der Waals surface area (Å²) in [4.78, 5) is 0. The van der Waals surface area contributed by atoms with Gasteiger partial charge in [0.2, 0.25) is 0 Å². The van der Waals surface area contributed by atoms with Gasteiger partial charge in [0.15, 0.2) is 0 Å². The molecule has 0 atom stereocenters. The highest BCUT2D eigenvalue weighted by Crippen LogP contribution is 2.36. The standard InChI is InChI=1S/C31H23N3/c1-33-28-10-6-5-9-24(28)25-14-11-23(19-31(25)33)22-13-16-30-27(18-22)26-17-21(12-15-29(26)34(30)32)20-7-3-2-4-8-20/h2-19H,32H2,1H3. The van der Waals surface area contributed by atoms with Crippen LogP contribution in [0.3, 0.4) is 0 Å². The zero-order valence-corrected chi connectivity index (χ0v) is 18.9. The average Bonchev–Trinajstić information content (AvgIpc) is 3.35. The lowest BCUT2D eigenvalue weighted by molar-refractivity contribution is 1.01. The normalized spacial score (nSPS) is 11.8. The smallest absolute Gasteiger partial charge is 0.0704 e. The van der Waals surface area contributed by atoms with Gasteiger partial charge in [-0.1, -0.05) is 72.8 Å². The van der Waals surface area contributed by atoms with Crippen LogP contribution in [-0.2, 0) is 7.05 Å². The van der Waals surface area contributed by atoms with Gasteiger partial charge in [-0.2, -0.15) is 0 Å². The fourth-order valence-corrected chi connectivity index (χ4v) is 5.38. The van der Waals surface area contributed by atoms with Crippen molar-refractivity contribution >= 4 is 43.6 Å². The van der Waals surface area contributed by atoms with E-state index in [2.05, 4.69) is 115 Å². The lowest BCUT2D eigenvalue weighted by atomic mass is 9.99. The van der Waals surface area contributed by atoms with Crippen LogP contribution < -0.4 is 5.84 Å². The Balaban J connectivity index is 1.44. The van der Waals surface area contributed by atoms with Crippen LogP contribution in [0, 0.1) is 0 Å². The number of nitrogens with zero attached hydrogens (tertiary/aromatic N) is 2.